The highest BCUT2D eigenvalue weighted by atomic mass is 32.2. The van der Waals surface area contributed by atoms with Crippen LogP contribution in [-0.2, 0) is 10.0 Å². The molecule has 2 aliphatic rings. The summed E-state index contributed by atoms with van der Waals surface area (Å²) in [6.45, 7) is 1.94. The molecule has 1 aliphatic carbocycles. The summed E-state index contributed by atoms with van der Waals surface area (Å²) in [6, 6.07) is 31.3. The Labute approximate surface area is 191 Å². The number of aryl methyl sites for hydroxylation is 1. The van der Waals surface area contributed by atoms with Gasteiger partial charge in [0.2, 0.25) is 0 Å². The van der Waals surface area contributed by atoms with Gasteiger partial charge in [0.05, 0.1) is 4.90 Å². The van der Waals surface area contributed by atoms with Crippen LogP contribution in [0.2, 0.25) is 12.1 Å². The van der Waals surface area contributed by atoms with Crippen LogP contribution in [-0.4, -0.2) is 22.2 Å². The second-order valence-electron chi connectivity index (χ2n) is 9.24. The number of fused-ring (bicyclic) bond motifs is 1. The van der Waals surface area contributed by atoms with E-state index in [1.54, 1.807) is 24.3 Å². The van der Waals surface area contributed by atoms with Crippen LogP contribution in [0.15, 0.2) is 94.9 Å². The van der Waals surface area contributed by atoms with Gasteiger partial charge in [-0.15, -0.1) is 0 Å². The van der Waals surface area contributed by atoms with E-state index in [1.807, 2.05) is 6.92 Å². The van der Waals surface area contributed by atoms with Gasteiger partial charge in [-0.1, -0.05) is 88.7 Å². The maximum Gasteiger partial charge on any atom is 0.276 e. The van der Waals surface area contributed by atoms with Crippen LogP contribution >= 0.6 is 0 Å². The Hall–Kier alpha value is -2.70. The summed E-state index contributed by atoms with van der Waals surface area (Å²) in [5, 5.41) is 7.39. The van der Waals surface area contributed by atoms with E-state index < -0.39 is 18.1 Å². The van der Waals surface area contributed by atoms with E-state index in [0.29, 0.717) is 11.8 Å². The number of hydrogen-bond acceptors (Lipinski definition) is 3. The minimum Gasteiger partial charge on any atom is -0.200 e. The summed E-state index contributed by atoms with van der Waals surface area (Å²) in [4.78, 5) is 2.74. The van der Waals surface area contributed by atoms with Crippen molar-refractivity contribution in [1.82, 2.24) is 4.83 Å². The minimum absolute atomic E-state index is 0.255. The third-order valence-corrected chi connectivity index (χ3v) is 13.7. The van der Waals surface area contributed by atoms with Gasteiger partial charge in [0.15, 0.2) is 0 Å². The van der Waals surface area contributed by atoms with E-state index in [1.165, 1.54) is 22.5 Å². The van der Waals surface area contributed by atoms with Gasteiger partial charge in [-0.05, 0) is 55.8 Å². The van der Waals surface area contributed by atoms with Crippen molar-refractivity contribution >= 4 is 34.2 Å². The molecule has 2 fully saturated rings. The molecule has 2 atom stereocenters. The fourth-order valence-electron chi connectivity index (χ4n) is 5.62. The van der Waals surface area contributed by atoms with Gasteiger partial charge in [-0.3, -0.25) is 0 Å². The summed E-state index contributed by atoms with van der Waals surface area (Å²) >= 11 is 0. The lowest BCUT2D eigenvalue weighted by atomic mass is 10.0. The van der Waals surface area contributed by atoms with E-state index in [0.717, 1.165) is 24.1 Å². The number of hydrogen-bond donors (Lipinski definition) is 1. The van der Waals surface area contributed by atoms with Crippen molar-refractivity contribution in [3.05, 3.63) is 90.5 Å². The predicted molar refractivity (Wildman–Crippen MR) is 133 cm³/mol. The third-order valence-electron chi connectivity index (χ3n) is 7.19. The molecular weight excluding hydrogens is 432 g/mol. The first-order valence-electron chi connectivity index (χ1n) is 11.2. The molecule has 1 aliphatic heterocycles. The molecule has 164 valence electrons. The summed E-state index contributed by atoms with van der Waals surface area (Å²) < 4.78 is 25.2. The summed E-state index contributed by atoms with van der Waals surface area (Å²) in [7, 11) is -5.45. The zero-order valence-electron chi connectivity index (χ0n) is 18.2. The lowest BCUT2D eigenvalue weighted by Crippen LogP contribution is -2.56. The second kappa shape index (κ2) is 8.33. The van der Waals surface area contributed by atoms with Gasteiger partial charge < -0.3 is 0 Å². The Bertz CT molecular complexity index is 1170. The Morgan fingerprint density at radius 2 is 1.28 bits per heavy atom. The number of rotatable bonds is 5. The Balaban J connectivity index is 1.35. The van der Waals surface area contributed by atoms with Gasteiger partial charge in [-0.2, -0.15) is 13.5 Å². The fourth-order valence-corrected chi connectivity index (χ4v) is 12.3. The summed E-state index contributed by atoms with van der Waals surface area (Å²) in [5.41, 5.74) is 2.02. The van der Waals surface area contributed by atoms with Gasteiger partial charge in [0.1, 0.15) is 8.07 Å². The number of sulfonamides is 1. The van der Waals surface area contributed by atoms with Gasteiger partial charge in [-0.25, -0.2) is 4.83 Å². The zero-order valence-corrected chi connectivity index (χ0v) is 20.1. The maximum absolute atomic E-state index is 12.6. The molecular formula is C26H28N2O2SSi. The molecule has 32 heavy (non-hydrogen) atoms. The molecule has 0 unspecified atom stereocenters. The molecule has 3 aromatic carbocycles. The van der Waals surface area contributed by atoms with E-state index in [9.17, 15) is 8.42 Å². The molecule has 1 N–H and O–H groups in total. The molecule has 1 saturated carbocycles. The number of hydrazone groups is 1. The average molecular weight is 461 g/mol. The lowest BCUT2D eigenvalue weighted by Gasteiger charge is -2.29. The molecule has 5 rings (SSSR count). The van der Waals surface area contributed by atoms with Gasteiger partial charge in [0.25, 0.3) is 10.0 Å². The van der Waals surface area contributed by atoms with Crippen LogP contribution in [0, 0.1) is 18.8 Å². The number of nitrogens with zero attached hydrogens (tertiary/aromatic N) is 1. The van der Waals surface area contributed by atoms with E-state index in [-0.39, 0.29) is 4.90 Å². The molecule has 6 heteroatoms. The summed E-state index contributed by atoms with van der Waals surface area (Å²) in [6.07, 6.45) is 1.77. The molecule has 1 heterocycles. The van der Waals surface area contributed by atoms with Gasteiger partial charge >= 0.3 is 0 Å². The first kappa shape index (κ1) is 21.2. The first-order chi connectivity index (χ1) is 15.5. The van der Waals surface area contributed by atoms with Crippen molar-refractivity contribution in [2.24, 2.45) is 16.9 Å². The molecule has 4 nitrogen and oxygen atoms in total. The van der Waals surface area contributed by atoms with Crippen LogP contribution in [0.1, 0.15) is 18.4 Å². The van der Waals surface area contributed by atoms with Crippen molar-refractivity contribution in [2.45, 2.75) is 36.7 Å². The van der Waals surface area contributed by atoms with Crippen LogP contribution in [0.4, 0.5) is 0 Å². The first-order valence-corrected chi connectivity index (χ1v) is 15.1. The van der Waals surface area contributed by atoms with E-state index in [2.05, 4.69) is 70.6 Å². The van der Waals surface area contributed by atoms with E-state index in [4.69, 9.17) is 0 Å². The highest BCUT2D eigenvalue weighted by Crippen LogP contribution is 2.48. The predicted octanol–water partition coefficient (Wildman–Crippen LogP) is 3.93. The molecule has 3 aromatic rings. The monoisotopic (exact) mass is 460 g/mol. The highest BCUT2D eigenvalue weighted by molar-refractivity contribution is 7.89. The van der Waals surface area contributed by atoms with Crippen molar-refractivity contribution in [3.8, 4) is 0 Å². The largest absolute Gasteiger partial charge is 0.276 e. The van der Waals surface area contributed by atoms with Crippen molar-refractivity contribution in [3.63, 3.8) is 0 Å². The number of benzene rings is 3. The number of nitrogens with one attached hydrogen (secondary N) is 1. The highest BCUT2D eigenvalue weighted by Gasteiger charge is 2.51. The molecule has 0 bridgehead atoms. The van der Waals surface area contributed by atoms with Crippen molar-refractivity contribution in [1.29, 1.82) is 0 Å². The molecule has 0 amide bonds. The smallest absolute Gasteiger partial charge is 0.200 e. The van der Waals surface area contributed by atoms with Crippen LogP contribution in [0.25, 0.3) is 0 Å². The quantitative estimate of drug-likeness (QED) is 0.463. The normalized spacial score (nSPS) is 21.8. The molecule has 0 spiro atoms. The molecule has 0 radical (unpaired) electrons. The van der Waals surface area contributed by atoms with Crippen molar-refractivity contribution < 1.29 is 8.42 Å². The zero-order chi connectivity index (χ0) is 22.2. The fraction of sp³-hybridized carbons (Fsp3) is 0.269. The Kier molecular flexibility index (Phi) is 5.51. The Morgan fingerprint density at radius 3 is 1.78 bits per heavy atom. The third kappa shape index (κ3) is 3.93. The minimum atomic E-state index is -3.63. The standard InChI is InChI=1S/C26H28N2O2SSi/c1-20-12-14-24(15-13-20)31(29,30)28-27-23-16-21-18-32(19-22(21)17-23,25-8-4-2-5-9-25)26-10-6-3-7-11-26/h2-15,21-22,28H,16-19H2,1H3/t21-,22-/m0/s1. The van der Waals surface area contributed by atoms with Gasteiger partial charge in [0, 0.05) is 5.71 Å². The molecule has 0 aromatic heterocycles. The molecule has 1 saturated heterocycles. The topological polar surface area (TPSA) is 58.5 Å². The average Bonchev–Trinajstić information content (AvgIpc) is 3.36. The summed E-state index contributed by atoms with van der Waals surface area (Å²) in [5.74, 6) is 1.15. The SMILES string of the molecule is Cc1ccc(S(=O)(=O)NN=C2C[C@H]3C[Si](c4ccccc4)(c4ccccc4)C[C@@H]3C2)cc1. The maximum atomic E-state index is 12.6. The van der Waals surface area contributed by atoms with Crippen molar-refractivity contribution in [2.75, 3.05) is 0 Å². The Morgan fingerprint density at radius 1 is 0.781 bits per heavy atom. The van der Waals surface area contributed by atoms with Crippen LogP contribution in [0.5, 0.6) is 0 Å². The second-order valence-corrected chi connectivity index (χ2v) is 15.0. The van der Waals surface area contributed by atoms with Crippen LogP contribution in [0.3, 0.4) is 0 Å². The lowest BCUT2D eigenvalue weighted by molar-refractivity contribution is 0.486. The van der Waals surface area contributed by atoms with E-state index >= 15 is 0 Å². The van der Waals surface area contributed by atoms with Crippen LogP contribution < -0.4 is 15.2 Å².